The maximum atomic E-state index is 11.6. The highest BCUT2D eigenvalue weighted by molar-refractivity contribution is 6.01. The number of carbonyl (C=O) groups is 1. The molecule has 0 unspecified atom stereocenters. The minimum Gasteiger partial charge on any atom is -0.512 e. The fourth-order valence-electron chi connectivity index (χ4n) is 2.34. The van der Waals surface area contributed by atoms with Crippen molar-refractivity contribution in [3.05, 3.63) is 11.8 Å². The van der Waals surface area contributed by atoms with E-state index < -0.39 is 11.9 Å². The number of carbonyl (C=O) groups excluding carboxylic acids is 1. The Bertz CT molecular complexity index is 358. The third-order valence-electron chi connectivity index (χ3n) is 3.48. The molecule has 1 fully saturated rings. The van der Waals surface area contributed by atoms with Crippen LogP contribution in [0.25, 0.3) is 0 Å². The second-order valence-corrected chi connectivity index (χ2v) is 5.17. The molecule has 1 aliphatic rings. The predicted octanol–water partition coefficient (Wildman–Crippen LogP) is 2.02. The van der Waals surface area contributed by atoms with Gasteiger partial charge in [-0.3, -0.25) is 4.79 Å². The van der Waals surface area contributed by atoms with Gasteiger partial charge in [0, 0.05) is 12.0 Å². The molecule has 0 spiro atoms. The van der Waals surface area contributed by atoms with Gasteiger partial charge in [-0.2, -0.15) is 4.99 Å². The molecule has 0 aliphatic heterocycles. The van der Waals surface area contributed by atoms with Crippen molar-refractivity contribution in [2.75, 3.05) is 0 Å². The quantitative estimate of drug-likeness (QED) is 0.403. The summed E-state index contributed by atoms with van der Waals surface area (Å²) in [5.41, 5.74) is 11.3. The van der Waals surface area contributed by atoms with Crippen LogP contribution < -0.4 is 11.5 Å². The van der Waals surface area contributed by atoms with Crippen molar-refractivity contribution in [2.24, 2.45) is 22.4 Å². The molecule has 0 aromatic heterocycles. The number of amidine groups is 1. The lowest BCUT2D eigenvalue weighted by Gasteiger charge is -2.20. The molecule has 5 nitrogen and oxygen atoms in total. The third kappa shape index (κ3) is 5.42. The van der Waals surface area contributed by atoms with Crippen LogP contribution in [0.3, 0.4) is 0 Å². The Labute approximate surface area is 114 Å². The number of rotatable bonds is 5. The van der Waals surface area contributed by atoms with E-state index >= 15 is 0 Å². The van der Waals surface area contributed by atoms with E-state index in [1.54, 1.807) is 0 Å². The summed E-state index contributed by atoms with van der Waals surface area (Å²) in [7, 11) is 0. The van der Waals surface area contributed by atoms with Crippen molar-refractivity contribution in [1.29, 1.82) is 0 Å². The summed E-state index contributed by atoms with van der Waals surface area (Å²) < 4.78 is 0. The fourth-order valence-corrected chi connectivity index (χ4v) is 2.34. The summed E-state index contributed by atoms with van der Waals surface area (Å²) in [5, 5.41) is 9.96. The first-order chi connectivity index (χ1) is 9.04. The van der Waals surface area contributed by atoms with Crippen molar-refractivity contribution in [3.63, 3.8) is 0 Å². The second-order valence-electron chi connectivity index (χ2n) is 5.17. The Hall–Kier alpha value is -1.36. The fraction of sp³-hybridized carbons (Fsp3) is 0.714. The van der Waals surface area contributed by atoms with E-state index in [1.165, 1.54) is 12.5 Å². The van der Waals surface area contributed by atoms with E-state index in [2.05, 4.69) is 4.99 Å². The van der Waals surface area contributed by atoms with Gasteiger partial charge >= 0.3 is 0 Å². The van der Waals surface area contributed by atoms with E-state index in [1.807, 2.05) is 6.92 Å². The normalized spacial score (nSPS) is 20.3. The van der Waals surface area contributed by atoms with Crippen molar-refractivity contribution in [1.82, 2.24) is 0 Å². The molecule has 1 amide bonds. The van der Waals surface area contributed by atoms with E-state index in [0.29, 0.717) is 6.42 Å². The van der Waals surface area contributed by atoms with E-state index in [0.717, 1.165) is 32.1 Å². The highest BCUT2D eigenvalue weighted by Gasteiger charge is 2.18. The summed E-state index contributed by atoms with van der Waals surface area (Å²) in [6.45, 7) is 1.95. The number of amides is 1. The molecule has 0 heterocycles. The van der Waals surface area contributed by atoms with Gasteiger partial charge in [0.05, 0.1) is 11.8 Å². The summed E-state index contributed by atoms with van der Waals surface area (Å²) >= 11 is 0. The molecular weight excluding hydrogens is 242 g/mol. The summed E-state index contributed by atoms with van der Waals surface area (Å²) in [6, 6.07) is -0.603. The number of nitrogens with zero attached hydrogens (tertiary/aromatic N) is 1. The van der Waals surface area contributed by atoms with Gasteiger partial charge in [0.1, 0.15) is 5.84 Å². The smallest absolute Gasteiger partial charge is 0.264 e. The van der Waals surface area contributed by atoms with Crippen LogP contribution in [0.1, 0.15) is 51.9 Å². The van der Waals surface area contributed by atoms with Gasteiger partial charge in [0.2, 0.25) is 0 Å². The van der Waals surface area contributed by atoms with Crippen molar-refractivity contribution in [3.8, 4) is 0 Å². The van der Waals surface area contributed by atoms with Gasteiger partial charge in [-0.1, -0.05) is 32.6 Å². The van der Waals surface area contributed by atoms with Crippen LogP contribution in [0.15, 0.2) is 16.8 Å². The van der Waals surface area contributed by atoms with E-state index in [-0.39, 0.29) is 17.5 Å². The first-order valence-electron chi connectivity index (χ1n) is 7.08. The molecule has 5 N–H and O–H groups in total. The molecule has 19 heavy (non-hydrogen) atoms. The average molecular weight is 267 g/mol. The first-order valence-corrected chi connectivity index (χ1v) is 7.08. The van der Waals surface area contributed by atoms with Crippen LogP contribution >= 0.6 is 0 Å². The summed E-state index contributed by atoms with van der Waals surface area (Å²) in [4.78, 5) is 15.3. The largest absolute Gasteiger partial charge is 0.512 e. The Morgan fingerprint density at radius 2 is 2.05 bits per heavy atom. The molecule has 108 valence electrons. The molecule has 0 aromatic rings. The van der Waals surface area contributed by atoms with Crippen LogP contribution in [-0.4, -0.2) is 22.9 Å². The lowest BCUT2D eigenvalue weighted by atomic mass is 9.87. The standard InChI is InChI=1S/C14H25N3O2/c1-2-6-11(15)14(19)17-13(16)9-12(18)10-7-4-3-5-8-10/h9-11,18H,2-8,15H2,1H3,(H2,16,17,19)/b12-9-/t11-/m0/s1. The van der Waals surface area contributed by atoms with Crippen LogP contribution in [0.4, 0.5) is 0 Å². The van der Waals surface area contributed by atoms with Gasteiger partial charge in [-0.15, -0.1) is 0 Å². The molecule has 5 heteroatoms. The summed E-state index contributed by atoms with van der Waals surface area (Å²) in [5.74, 6) is 0.00593. The van der Waals surface area contributed by atoms with Gasteiger partial charge in [-0.25, -0.2) is 0 Å². The lowest BCUT2D eigenvalue weighted by molar-refractivity contribution is -0.119. The molecular formula is C14H25N3O2. The number of hydrogen-bond acceptors (Lipinski definition) is 3. The zero-order chi connectivity index (χ0) is 14.3. The zero-order valence-corrected chi connectivity index (χ0v) is 11.6. The molecule has 0 radical (unpaired) electrons. The van der Waals surface area contributed by atoms with Crippen molar-refractivity contribution < 1.29 is 9.90 Å². The molecule has 1 atom stereocenters. The maximum absolute atomic E-state index is 11.6. The minimum atomic E-state index is -0.603. The average Bonchev–Trinajstić information content (AvgIpc) is 2.39. The number of aliphatic hydroxyl groups excluding tert-OH is 1. The molecule has 0 bridgehead atoms. The molecule has 1 aliphatic carbocycles. The highest BCUT2D eigenvalue weighted by atomic mass is 16.3. The van der Waals surface area contributed by atoms with Gasteiger partial charge < -0.3 is 16.6 Å². The van der Waals surface area contributed by atoms with Crippen molar-refractivity contribution in [2.45, 2.75) is 57.9 Å². The van der Waals surface area contributed by atoms with Gasteiger partial charge in [0.25, 0.3) is 5.91 Å². The van der Waals surface area contributed by atoms with E-state index in [9.17, 15) is 9.90 Å². The number of nitrogens with two attached hydrogens (primary N) is 2. The van der Waals surface area contributed by atoms with E-state index in [4.69, 9.17) is 11.5 Å². The highest BCUT2D eigenvalue weighted by Crippen LogP contribution is 2.28. The predicted molar refractivity (Wildman–Crippen MR) is 76.8 cm³/mol. The minimum absolute atomic E-state index is 0.0413. The van der Waals surface area contributed by atoms with Gasteiger partial charge in [-0.05, 0) is 19.3 Å². The summed E-state index contributed by atoms with van der Waals surface area (Å²) in [6.07, 6.45) is 8.22. The number of aliphatic hydroxyl groups is 1. The monoisotopic (exact) mass is 267 g/mol. The second kappa shape index (κ2) is 7.94. The third-order valence-corrected chi connectivity index (χ3v) is 3.48. The molecule has 1 rings (SSSR count). The Morgan fingerprint density at radius 3 is 2.63 bits per heavy atom. The molecule has 0 saturated heterocycles. The SMILES string of the molecule is CCC[C@H](N)C(=O)N=C(N)/C=C(\O)C1CCCCC1. The number of hydrogen-bond donors (Lipinski definition) is 3. The Kier molecular flexibility index (Phi) is 6.56. The molecule has 0 aromatic carbocycles. The first kappa shape index (κ1) is 15.7. The topological polar surface area (TPSA) is 102 Å². The number of aliphatic imine (C=N–C) groups is 1. The van der Waals surface area contributed by atoms with Crippen LogP contribution in [0, 0.1) is 5.92 Å². The van der Waals surface area contributed by atoms with Crippen LogP contribution in [0.2, 0.25) is 0 Å². The Morgan fingerprint density at radius 1 is 1.42 bits per heavy atom. The van der Waals surface area contributed by atoms with Crippen molar-refractivity contribution >= 4 is 11.7 Å². The van der Waals surface area contributed by atoms with Gasteiger partial charge in [0.15, 0.2) is 0 Å². The maximum Gasteiger partial charge on any atom is 0.264 e. The zero-order valence-electron chi connectivity index (χ0n) is 11.6. The Balaban J connectivity index is 2.60. The lowest BCUT2D eigenvalue weighted by Crippen LogP contribution is -2.30. The van der Waals surface area contributed by atoms with Crippen LogP contribution in [-0.2, 0) is 4.79 Å². The number of allylic oxidation sites excluding steroid dienone is 1. The van der Waals surface area contributed by atoms with Crippen LogP contribution in [0.5, 0.6) is 0 Å². The molecule has 1 saturated carbocycles.